The summed E-state index contributed by atoms with van der Waals surface area (Å²) < 4.78 is 1.78. The van der Waals surface area contributed by atoms with Crippen LogP contribution in [0, 0.1) is 0 Å². The molecule has 0 saturated carbocycles. The molecule has 0 spiro atoms. The molecule has 0 radical (unpaired) electrons. The second-order valence-electron chi connectivity index (χ2n) is 7.13. The molecule has 7 heteroatoms. The number of rotatable bonds is 6. The minimum atomic E-state index is -0.910. The zero-order chi connectivity index (χ0) is 18.6. The maximum atomic E-state index is 12.5. The predicted molar refractivity (Wildman–Crippen MR) is 99.8 cm³/mol. The first kappa shape index (κ1) is 18.4. The molecule has 3 heterocycles. The minimum absolute atomic E-state index is 0.0367. The van der Waals surface area contributed by atoms with E-state index < -0.39 is 5.60 Å². The van der Waals surface area contributed by atoms with E-state index in [1.807, 2.05) is 31.3 Å². The highest BCUT2D eigenvalue weighted by Gasteiger charge is 2.35. The van der Waals surface area contributed by atoms with E-state index in [0.29, 0.717) is 32.4 Å². The number of piperidine rings is 1. The highest BCUT2D eigenvalue weighted by Crippen LogP contribution is 2.25. The normalized spacial score (nSPS) is 20.2. The first-order valence-electron chi connectivity index (χ1n) is 9.06. The number of β-amino-alcohol motifs (C(OH)–C–C–N with tert-alkyl or cyclic N) is 1. The Balaban J connectivity index is 1.56. The van der Waals surface area contributed by atoms with Crippen molar-refractivity contribution in [2.24, 2.45) is 7.05 Å². The van der Waals surface area contributed by atoms with Crippen LogP contribution in [-0.4, -0.2) is 63.0 Å². The summed E-state index contributed by atoms with van der Waals surface area (Å²) in [6.07, 6.45) is 6.13. The van der Waals surface area contributed by atoms with Gasteiger partial charge in [0.2, 0.25) is 5.91 Å². The van der Waals surface area contributed by atoms with Crippen molar-refractivity contribution in [2.75, 3.05) is 31.6 Å². The molecule has 0 aromatic carbocycles. The molecule has 1 atom stereocenters. The molecule has 1 fully saturated rings. The van der Waals surface area contributed by atoms with Gasteiger partial charge >= 0.3 is 0 Å². The molecule has 7 nitrogen and oxygen atoms in total. The summed E-state index contributed by atoms with van der Waals surface area (Å²) in [4.78, 5) is 20.6. The first-order chi connectivity index (χ1) is 12.5. The van der Waals surface area contributed by atoms with E-state index in [4.69, 9.17) is 0 Å². The molecule has 2 aromatic heterocycles. The predicted octanol–water partition coefficient (Wildman–Crippen LogP) is 1.24. The Labute approximate surface area is 154 Å². The average molecular weight is 357 g/mol. The fraction of sp³-hybridized carbons (Fsp3) is 0.526. The third kappa shape index (κ3) is 4.40. The van der Waals surface area contributed by atoms with Gasteiger partial charge in [-0.3, -0.25) is 9.48 Å². The van der Waals surface area contributed by atoms with E-state index in [2.05, 4.69) is 15.0 Å². The van der Waals surface area contributed by atoms with Crippen LogP contribution in [0.2, 0.25) is 0 Å². The van der Waals surface area contributed by atoms with Gasteiger partial charge in [-0.05, 0) is 37.5 Å². The number of hydrogen-bond acceptors (Lipinski definition) is 5. The summed E-state index contributed by atoms with van der Waals surface area (Å²) in [5.41, 5.74) is 0.122. The average Bonchev–Trinajstić information content (AvgIpc) is 3.05. The zero-order valence-electron chi connectivity index (χ0n) is 15.5. The number of anilines is 1. The number of aliphatic hydroxyl groups is 1. The Morgan fingerprint density at radius 3 is 2.88 bits per heavy atom. The molecule has 1 aliphatic heterocycles. The number of nitrogens with zero attached hydrogens (tertiary/aromatic N) is 5. The number of aryl methyl sites for hydroxylation is 2. The standard InChI is InChI=1S/C19H27N5O2/c1-22(18(25)8-7-16-9-12-21-23(16)2)14-19(26)10-5-13-24(15-19)17-6-3-4-11-20-17/h3-4,6,9,11-12,26H,5,7-8,10,13-15H2,1-2H3. The molecule has 26 heavy (non-hydrogen) atoms. The zero-order valence-corrected chi connectivity index (χ0v) is 15.5. The van der Waals surface area contributed by atoms with Crippen LogP contribution in [0.25, 0.3) is 0 Å². The first-order valence-corrected chi connectivity index (χ1v) is 9.06. The van der Waals surface area contributed by atoms with Crippen LogP contribution in [0.1, 0.15) is 25.0 Å². The SMILES string of the molecule is CN(CC1(O)CCCN(c2ccccn2)C1)C(=O)CCc1ccnn1C. The van der Waals surface area contributed by atoms with Gasteiger partial charge < -0.3 is 14.9 Å². The molecule has 0 bridgehead atoms. The topological polar surface area (TPSA) is 74.5 Å². The molecule has 1 N–H and O–H groups in total. The lowest BCUT2D eigenvalue weighted by Gasteiger charge is -2.41. The number of carbonyl (C=O) groups excluding carboxylic acids is 1. The van der Waals surface area contributed by atoms with E-state index in [1.54, 1.807) is 29.0 Å². The largest absolute Gasteiger partial charge is 0.386 e. The van der Waals surface area contributed by atoms with E-state index in [1.165, 1.54) is 0 Å². The van der Waals surface area contributed by atoms with Gasteiger partial charge in [-0.15, -0.1) is 0 Å². The fourth-order valence-electron chi connectivity index (χ4n) is 3.58. The third-order valence-electron chi connectivity index (χ3n) is 5.00. The van der Waals surface area contributed by atoms with E-state index in [0.717, 1.165) is 24.5 Å². The van der Waals surface area contributed by atoms with Gasteiger partial charge in [-0.2, -0.15) is 5.10 Å². The monoisotopic (exact) mass is 357 g/mol. The lowest BCUT2D eigenvalue weighted by atomic mass is 9.92. The Kier molecular flexibility index (Phi) is 5.56. The summed E-state index contributed by atoms with van der Waals surface area (Å²) in [5.74, 6) is 0.908. The second-order valence-corrected chi connectivity index (χ2v) is 7.13. The van der Waals surface area contributed by atoms with Crippen molar-refractivity contribution >= 4 is 11.7 Å². The van der Waals surface area contributed by atoms with Gasteiger partial charge in [-0.25, -0.2) is 4.98 Å². The third-order valence-corrected chi connectivity index (χ3v) is 5.00. The maximum Gasteiger partial charge on any atom is 0.222 e. The highest BCUT2D eigenvalue weighted by atomic mass is 16.3. The summed E-state index contributed by atoms with van der Waals surface area (Å²) in [6, 6.07) is 7.71. The van der Waals surface area contributed by atoms with Gasteiger partial charge in [0.25, 0.3) is 0 Å². The van der Waals surface area contributed by atoms with Crippen LogP contribution in [0.3, 0.4) is 0 Å². The van der Waals surface area contributed by atoms with Crippen molar-refractivity contribution in [2.45, 2.75) is 31.3 Å². The van der Waals surface area contributed by atoms with Gasteiger partial charge in [0.1, 0.15) is 5.82 Å². The van der Waals surface area contributed by atoms with E-state index >= 15 is 0 Å². The Morgan fingerprint density at radius 2 is 2.19 bits per heavy atom. The molecule has 1 amide bonds. The van der Waals surface area contributed by atoms with Crippen LogP contribution >= 0.6 is 0 Å². The molecular formula is C19H27N5O2. The van der Waals surface area contributed by atoms with Crippen molar-refractivity contribution in [3.8, 4) is 0 Å². The summed E-state index contributed by atoms with van der Waals surface area (Å²) >= 11 is 0. The molecule has 140 valence electrons. The Morgan fingerprint density at radius 1 is 1.35 bits per heavy atom. The van der Waals surface area contributed by atoms with Gasteiger partial charge in [0, 0.05) is 51.7 Å². The number of carbonyl (C=O) groups is 1. The van der Waals surface area contributed by atoms with Crippen molar-refractivity contribution in [1.82, 2.24) is 19.7 Å². The second kappa shape index (κ2) is 7.86. The smallest absolute Gasteiger partial charge is 0.222 e. The fourth-order valence-corrected chi connectivity index (χ4v) is 3.58. The molecule has 3 rings (SSSR count). The molecular weight excluding hydrogens is 330 g/mol. The number of amides is 1. The van der Waals surface area contributed by atoms with Crippen LogP contribution < -0.4 is 4.90 Å². The van der Waals surface area contributed by atoms with Crippen molar-refractivity contribution in [3.05, 3.63) is 42.4 Å². The van der Waals surface area contributed by atoms with Gasteiger partial charge in [-0.1, -0.05) is 6.07 Å². The molecule has 1 aliphatic rings. The van der Waals surface area contributed by atoms with Crippen molar-refractivity contribution in [1.29, 1.82) is 0 Å². The molecule has 2 aromatic rings. The van der Waals surface area contributed by atoms with Crippen LogP contribution in [-0.2, 0) is 18.3 Å². The van der Waals surface area contributed by atoms with Gasteiger partial charge in [0.15, 0.2) is 0 Å². The van der Waals surface area contributed by atoms with Crippen LogP contribution in [0.4, 0.5) is 5.82 Å². The Hall–Kier alpha value is -2.41. The van der Waals surface area contributed by atoms with Crippen LogP contribution in [0.15, 0.2) is 36.7 Å². The molecule has 1 unspecified atom stereocenters. The van der Waals surface area contributed by atoms with Crippen molar-refractivity contribution < 1.29 is 9.90 Å². The van der Waals surface area contributed by atoms with Gasteiger partial charge in [0.05, 0.1) is 12.1 Å². The van der Waals surface area contributed by atoms with Crippen LogP contribution in [0.5, 0.6) is 0 Å². The maximum absolute atomic E-state index is 12.5. The summed E-state index contributed by atoms with van der Waals surface area (Å²) in [5, 5.41) is 15.2. The van der Waals surface area contributed by atoms with E-state index in [-0.39, 0.29) is 5.91 Å². The quantitative estimate of drug-likeness (QED) is 0.842. The lowest BCUT2D eigenvalue weighted by molar-refractivity contribution is -0.133. The number of aromatic nitrogens is 3. The minimum Gasteiger partial charge on any atom is -0.386 e. The van der Waals surface area contributed by atoms with Crippen molar-refractivity contribution in [3.63, 3.8) is 0 Å². The number of pyridine rings is 1. The number of hydrogen-bond donors (Lipinski definition) is 1. The molecule has 0 aliphatic carbocycles. The summed E-state index contributed by atoms with van der Waals surface area (Å²) in [6.45, 7) is 1.70. The van der Waals surface area contributed by atoms with E-state index in [9.17, 15) is 9.90 Å². The Bertz CT molecular complexity index is 733. The molecule has 1 saturated heterocycles. The lowest BCUT2D eigenvalue weighted by Crippen LogP contribution is -2.54. The summed E-state index contributed by atoms with van der Waals surface area (Å²) in [7, 11) is 3.64. The highest BCUT2D eigenvalue weighted by molar-refractivity contribution is 5.76. The number of likely N-dealkylation sites (N-methyl/N-ethyl adjacent to an activating group) is 1.